The molecule has 1 aromatic carbocycles. The highest BCUT2D eigenvalue weighted by molar-refractivity contribution is 7.78. The Morgan fingerprint density at radius 1 is 1.24 bits per heavy atom. The molecule has 0 spiro atoms. The van der Waals surface area contributed by atoms with Crippen molar-refractivity contribution in [1.82, 2.24) is 0 Å². The van der Waals surface area contributed by atoms with Crippen LogP contribution in [0.15, 0.2) is 24.3 Å². The summed E-state index contributed by atoms with van der Waals surface area (Å²) in [5.41, 5.74) is 0.863. The van der Waals surface area contributed by atoms with Crippen molar-refractivity contribution in [3.63, 3.8) is 0 Å². The fraction of sp³-hybridized carbons (Fsp3) is 0.357. The van der Waals surface area contributed by atoms with Crippen molar-refractivity contribution in [3.8, 4) is 0 Å². The van der Waals surface area contributed by atoms with Gasteiger partial charge in [0.2, 0.25) is 0 Å². The van der Waals surface area contributed by atoms with Gasteiger partial charge in [0.05, 0.1) is 7.11 Å². The number of carbonyl (C=O) groups is 3. The number of hydrogen-bond acceptors (Lipinski definition) is 6. The standard InChI is InChI=1S/C14H16O6S/c1-9(15)12(14(17)20-2)7-13(16)11-5-3-10(4-6-11)8-21(18)19/h3-6,12H,7-8H2,1-2H3,(H,18,19)/p-1. The minimum Gasteiger partial charge on any atom is -0.772 e. The molecule has 7 heteroatoms. The first-order chi connectivity index (χ1) is 9.85. The summed E-state index contributed by atoms with van der Waals surface area (Å²) < 4.78 is 25.6. The third-order valence-electron chi connectivity index (χ3n) is 2.93. The van der Waals surface area contributed by atoms with Gasteiger partial charge in [-0.25, -0.2) is 0 Å². The molecule has 21 heavy (non-hydrogen) atoms. The average molecular weight is 311 g/mol. The molecule has 0 N–H and O–H groups in total. The van der Waals surface area contributed by atoms with Gasteiger partial charge in [0.1, 0.15) is 11.7 Å². The van der Waals surface area contributed by atoms with E-state index < -0.39 is 28.8 Å². The van der Waals surface area contributed by atoms with Crippen molar-refractivity contribution < 1.29 is 27.9 Å². The number of ether oxygens (including phenoxy) is 1. The van der Waals surface area contributed by atoms with E-state index in [1.165, 1.54) is 31.2 Å². The number of methoxy groups -OCH3 is 1. The summed E-state index contributed by atoms with van der Waals surface area (Å²) >= 11 is -2.20. The molecule has 0 saturated heterocycles. The zero-order valence-corrected chi connectivity index (χ0v) is 12.5. The van der Waals surface area contributed by atoms with Gasteiger partial charge in [0, 0.05) is 17.7 Å². The normalized spacial score (nSPS) is 13.3. The van der Waals surface area contributed by atoms with E-state index in [1.54, 1.807) is 0 Å². The zero-order valence-electron chi connectivity index (χ0n) is 11.7. The van der Waals surface area contributed by atoms with E-state index in [-0.39, 0.29) is 18.0 Å². The summed E-state index contributed by atoms with van der Waals surface area (Å²) in [6.45, 7) is 1.22. The van der Waals surface area contributed by atoms with Gasteiger partial charge in [-0.05, 0) is 12.5 Å². The summed E-state index contributed by atoms with van der Waals surface area (Å²) in [4.78, 5) is 34.8. The summed E-state index contributed by atoms with van der Waals surface area (Å²) in [6, 6.07) is 5.98. The molecule has 0 radical (unpaired) electrons. The first-order valence-corrected chi connectivity index (χ1v) is 7.35. The van der Waals surface area contributed by atoms with Crippen molar-refractivity contribution in [1.29, 1.82) is 0 Å². The lowest BCUT2D eigenvalue weighted by molar-refractivity contribution is -0.148. The molecule has 2 atom stereocenters. The lowest BCUT2D eigenvalue weighted by Crippen LogP contribution is -2.26. The Hall–Kier alpha value is -1.86. The highest BCUT2D eigenvalue weighted by atomic mass is 32.2. The molecule has 0 fully saturated rings. The molecular weight excluding hydrogens is 296 g/mol. The molecule has 2 unspecified atom stereocenters. The maximum atomic E-state index is 12.0. The van der Waals surface area contributed by atoms with E-state index in [9.17, 15) is 23.1 Å². The largest absolute Gasteiger partial charge is 0.772 e. The van der Waals surface area contributed by atoms with Gasteiger partial charge in [-0.2, -0.15) is 0 Å². The van der Waals surface area contributed by atoms with Crippen molar-refractivity contribution in [2.24, 2.45) is 5.92 Å². The van der Waals surface area contributed by atoms with Crippen LogP contribution in [0.1, 0.15) is 29.3 Å². The Labute approximate surface area is 124 Å². The van der Waals surface area contributed by atoms with Crippen LogP contribution >= 0.6 is 0 Å². The molecule has 0 aliphatic rings. The van der Waals surface area contributed by atoms with E-state index in [4.69, 9.17) is 0 Å². The summed E-state index contributed by atoms with van der Waals surface area (Å²) in [7, 11) is 1.15. The Morgan fingerprint density at radius 3 is 2.24 bits per heavy atom. The van der Waals surface area contributed by atoms with Crippen LogP contribution < -0.4 is 0 Å². The van der Waals surface area contributed by atoms with E-state index >= 15 is 0 Å². The Morgan fingerprint density at radius 2 is 1.81 bits per heavy atom. The van der Waals surface area contributed by atoms with Crippen LogP contribution in [0, 0.1) is 5.92 Å². The molecule has 0 aromatic heterocycles. The van der Waals surface area contributed by atoms with Crippen LogP contribution in [-0.2, 0) is 31.2 Å². The average Bonchev–Trinajstić information content (AvgIpc) is 2.43. The molecule has 0 saturated carbocycles. The van der Waals surface area contributed by atoms with Gasteiger partial charge in [-0.1, -0.05) is 35.3 Å². The second kappa shape index (κ2) is 7.80. The van der Waals surface area contributed by atoms with Gasteiger partial charge < -0.3 is 9.29 Å². The monoisotopic (exact) mass is 311 g/mol. The van der Waals surface area contributed by atoms with E-state index in [2.05, 4.69) is 4.74 Å². The van der Waals surface area contributed by atoms with Crippen molar-refractivity contribution in [3.05, 3.63) is 35.4 Å². The molecule has 1 aromatic rings. The second-order valence-electron chi connectivity index (χ2n) is 4.46. The predicted molar refractivity (Wildman–Crippen MR) is 74.2 cm³/mol. The topological polar surface area (TPSA) is 101 Å². The summed E-state index contributed by atoms with van der Waals surface area (Å²) in [6.07, 6.45) is -0.269. The van der Waals surface area contributed by atoms with Gasteiger partial charge in [0.25, 0.3) is 0 Å². The van der Waals surface area contributed by atoms with E-state index in [0.29, 0.717) is 11.1 Å². The van der Waals surface area contributed by atoms with Crippen LogP contribution in [0.5, 0.6) is 0 Å². The first kappa shape index (κ1) is 17.2. The molecule has 0 bridgehead atoms. The second-order valence-corrected chi connectivity index (χ2v) is 5.35. The number of carbonyl (C=O) groups excluding carboxylic acids is 3. The van der Waals surface area contributed by atoms with E-state index in [0.717, 1.165) is 7.11 Å². The molecule has 0 amide bonds. The van der Waals surface area contributed by atoms with Gasteiger partial charge in [-0.3, -0.25) is 18.6 Å². The summed E-state index contributed by atoms with van der Waals surface area (Å²) in [5, 5.41) is 0. The number of ketones is 2. The van der Waals surface area contributed by atoms with Crippen LogP contribution in [0.25, 0.3) is 0 Å². The number of benzene rings is 1. The molecule has 1 rings (SSSR count). The number of Topliss-reactive ketones (excluding diaryl/α,β-unsaturated/α-hetero) is 2. The quantitative estimate of drug-likeness (QED) is 0.322. The van der Waals surface area contributed by atoms with Crippen molar-refractivity contribution >= 4 is 28.6 Å². The van der Waals surface area contributed by atoms with Gasteiger partial charge in [-0.15, -0.1) is 0 Å². The maximum absolute atomic E-state index is 12.0. The molecule has 0 heterocycles. The first-order valence-electron chi connectivity index (χ1n) is 6.11. The van der Waals surface area contributed by atoms with Crippen LogP contribution in [-0.4, -0.2) is 33.4 Å². The summed E-state index contributed by atoms with van der Waals surface area (Å²) in [5.74, 6) is -2.80. The molecule has 114 valence electrons. The number of esters is 1. The number of hydrogen-bond donors (Lipinski definition) is 0. The maximum Gasteiger partial charge on any atom is 0.316 e. The highest BCUT2D eigenvalue weighted by Gasteiger charge is 2.27. The Bertz CT molecular complexity index is 563. The fourth-order valence-corrected chi connectivity index (χ4v) is 2.23. The van der Waals surface area contributed by atoms with Crippen LogP contribution in [0.4, 0.5) is 0 Å². The molecule has 0 aliphatic carbocycles. The molecule has 6 nitrogen and oxygen atoms in total. The molecular formula is C14H15O6S-. The van der Waals surface area contributed by atoms with Gasteiger partial charge in [0.15, 0.2) is 5.78 Å². The highest BCUT2D eigenvalue weighted by Crippen LogP contribution is 2.14. The molecule has 0 aliphatic heterocycles. The van der Waals surface area contributed by atoms with Crippen molar-refractivity contribution in [2.45, 2.75) is 19.1 Å². The van der Waals surface area contributed by atoms with Crippen LogP contribution in [0.2, 0.25) is 0 Å². The smallest absolute Gasteiger partial charge is 0.316 e. The predicted octanol–water partition coefficient (Wildman–Crippen LogP) is 1.02. The lowest BCUT2D eigenvalue weighted by Gasteiger charge is -2.11. The SMILES string of the molecule is COC(=O)C(CC(=O)c1ccc(CS(=O)[O-])cc1)C(C)=O. The van der Waals surface area contributed by atoms with E-state index in [1.807, 2.05) is 0 Å². The Kier molecular flexibility index (Phi) is 6.39. The number of rotatable bonds is 7. The zero-order chi connectivity index (χ0) is 16.0. The van der Waals surface area contributed by atoms with Crippen molar-refractivity contribution in [2.75, 3.05) is 7.11 Å². The van der Waals surface area contributed by atoms with Gasteiger partial charge >= 0.3 is 5.97 Å². The third-order valence-corrected chi connectivity index (χ3v) is 3.50. The minimum atomic E-state index is -2.20. The third kappa shape index (κ3) is 5.20. The fourth-order valence-electron chi connectivity index (χ4n) is 1.76. The van der Waals surface area contributed by atoms with Crippen LogP contribution in [0.3, 0.4) is 0 Å². The Balaban J connectivity index is 2.81. The minimum absolute atomic E-state index is 0.132. The lowest BCUT2D eigenvalue weighted by atomic mass is 9.95.